The Balaban J connectivity index is 3.48. The number of nitrogens with zero attached hydrogens (tertiary/aromatic N) is 1. The summed E-state index contributed by atoms with van der Waals surface area (Å²) in [5, 5.41) is 0. The van der Waals surface area contributed by atoms with Crippen LogP contribution >= 0.6 is 0 Å². The molecule has 0 amide bonds. The predicted molar refractivity (Wildman–Crippen MR) is 234 cm³/mol. The second-order valence-corrected chi connectivity index (χ2v) is 16.4. The van der Waals surface area contributed by atoms with Crippen molar-refractivity contribution >= 4 is 11.9 Å². The number of carbonyl (C=O) groups is 2. The van der Waals surface area contributed by atoms with E-state index in [1.807, 2.05) is 0 Å². The monoisotopic (exact) mass is 779 g/mol. The van der Waals surface area contributed by atoms with Crippen LogP contribution < -0.4 is 0 Å². The van der Waals surface area contributed by atoms with Crippen molar-refractivity contribution in [3.05, 3.63) is 24.3 Å². The lowest BCUT2D eigenvalue weighted by Crippen LogP contribution is -2.45. The number of carbonyl (C=O) groups excluding carboxylic acids is 2. The highest BCUT2D eigenvalue weighted by Gasteiger charge is 2.17. The first-order valence-corrected chi connectivity index (χ1v) is 23.5. The van der Waals surface area contributed by atoms with Gasteiger partial charge in [0.25, 0.3) is 0 Å². The molecule has 55 heavy (non-hydrogen) atoms. The largest absolute Gasteiger partial charge is 0.460 e. The summed E-state index contributed by atoms with van der Waals surface area (Å²) in [7, 11) is 4.11. The van der Waals surface area contributed by atoms with Gasteiger partial charge in [0, 0.05) is 13.2 Å². The van der Waals surface area contributed by atoms with Crippen molar-refractivity contribution in [2.75, 3.05) is 66.8 Å². The minimum absolute atomic E-state index is 0.218. The van der Waals surface area contributed by atoms with Crippen LogP contribution in [0.5, 0.6) is 0 Å². The van der Waals surface area contributed by atoms with Gasteiger partial charge < -0.3 is 23.4 Å². The smallest absolute Gasteiger partial charge is 0.308 e. The third-order valence-corrected chi connectivity index (χ3v) is 10.4. The molecule has 0 spiro atoms. The van der Waals surface area contributed by atoms with E-state index in [1.54, 1.807) is 0 Å². The van der Waals surface area contributed by atoms with E-state index in [0.717, 1.165) is 12.8 Å². The van der Waals surface area contributed by atoms with Crippen LogP contribution in [0.25, 0.3) is 0 Å². The molecule has 7 nitrogen and oxygen atoms in total. The Morgan fingerprint density at radius 1 is 0.382 bits per heavy atom. The zero-order valence-corrected chi connectivity index (χ0v) is 37.1. The van der Waals surface area contributed by atoms with Crippen LogP contribution in [0.2, 0.25) is 0 Å². The minimum Gasteiger partial charge on any atom is -0.460 e. The summed E-state index contributed by atoms with van der Waals surface area (Å²) >= 11 is 0. The van der Waals surface area contributed by atoms with Gasteiger partial charge in [-0.3, -0.25) is 9.59 Å². The van der Waals surface area contributed by atoms with E-state index < -0.39 is 0 Å². The number of ether oxygens (including phenoxy) is 4. The van der Waals surface area contributed by atoms with Gasteiger partial charge in [0.2, 0.25) is 0 Å². The van der Waals surface area contributed by atoms with E-state index in [4.69, 9.17) is 18.9 Å². The Morgan fingerprint density at radius 3 is 1.00 bits per heavy atom. The van der Waals surface area contributed by atoms with Crippen molar-refractivity contribution in [1.29, 1.82) is 0 Å². The fourth-order valence-electron chi connectivity index (χ4n) is 6.49. The van der Waals surface area contributed by atoms with Crippen molar-refractivity contribution < 1.29 is 33.0 Å². The van der Waals surface area contributed by atoms with Gasteiger partial charge in [-0.15, -0.1) is 0 Å². The molecular formula is C48H92NO6+. The molecule has 0 bridgehead atoms. The summed E-state index contributed by atoms with van der Waals surface area (Å²) in [5.74, 6) is -0.436. The first kappa shape index (κ1) is 53.3. The molecule has 0 atom stereocenters. The van der Waals surface area contributed by atoms with E-state index in [0.29, 0.717) is 57.2 Å². The van der Waals surface area contributed by atoms with Crippen LogP contribution in [0.3, 0.4) is 0 Å². The highest BCUT2D eigenvalue weighted by molar-refractivity contribution is 5.69. The highest BCUT2D eigenvalue weighted by atomic mass is 16.5. The molecule has 324 valence electrons. The number of hydrogen-bond acceptors (Lipinski definition) is 6. The van der Waals surface area contributed by atoms with Gasteiger partial charge in [0.05, 0.1) is 40.2 Å². The van der Waals surface area contributed by atoms with Crippen LogP contribution in [-0.4, -0.2) is 83.2 Å². The van der Waals surface area contributed by atoms with Gasteiger partial charge in [-0.2, -0.15) is 0 Å². The third kappa shape index (κ3) is 44.9. The highest BCUT2D eigenvalue weighted by Crippen LogP contribution is 2.12. The van der Waals surface area contributed by atoms with Crippen molar-refractivity contribution in [2.24, 2.45) is 0 Å². The van der Waals surface area contributed by atoms with Crippen LogP contribution in [0.4, 0.5) is 0 Å². The van der Waals surface area contributed by atoms with Gasteiger partial charge in [0.1, 0.15) is 26.3 Å². The van der Waals surface area contributed by atoms with Crippen molar-refractivity contribution in [1.82, 2.24) is 0 Å². The average Bonchev–Trinajstić information content (AvgIpc) is 3.16. The second kappa shape index (κ2) is 43.4. The maximum atomic E-state index is 12.1. The maximum Gasteiger partial charge on any atom is 0.308 e. The third-order valence-electron chi connectivity index (χ3n) is 10.4. The number of quaternary nitrogens is 1. The lowest BCUT2D eigenvalue weighted by molar-refractivity contribution is -0.890. The van der Waals surface area contributed by atoms with Crippen molar-refractivity contribution in [2.45, 2.75) is 206 Å². The normalized spacial score (nSPS) is 12.0. The fraction of sp³-hybridized carbons (Fsp3) is 0.875. The molecule has 0 aliphatic heterocycles. The van der Waals surface area contributed by atoms with E-state index in [9.17, 15) is 9.59 Å². The van der Waals surface area contributed by atoms with Crippen LogP contribution in [0.1, 0.15) is 206 Å². The topological polar surface area (TPSA) is 71.1 Å². The van der Waals surface area contributed by atoms with Crippen LogP contribution in [0, 0.1) is 0 Å². The lowest BCUT2D eigenvalue weighted by Gasteiger charge is -2.29. The molecule has 0 aromatic rings. The molecule has 7 heteroatoms. The van der Waals surface area contributed by atoms with Gasteiger partial charge in [-0.05, 0) is 64.2 Å². The Hall–Kier alpha value is -1.70. The van der Waals surface area contributed by atoms with Crippen LogP contribution in [-0.2, 0) is 28.5 Å². The van der Waals surface area contributed by atoms with Gasteiger partial charge >= 0.3 is 11.9 Å². The SMILES string of the molecule is CCCCCCCC/C=C\CCCCCCCCOCCC(=O)OCC[N+](C)(C)CCOC(=O)CCOCCCCCCCC/C=C\CCCCCCCC. The quantitative estimate of drug-likeness (QED) is 0.0265. The summed E-state index contributed by atoms with van der Waals surface area (Å²) in [4.78, 5) is 24.2. The maximum absolute atomic E-state index is 12.1. The number of rotatable bonds is 44. The van der Waals surface area contributed by atoms with Crippen LogP contribution in [0.15, 0.2) is 24.3 Å². The van der Waals surface area contributed by atoms with Gasteiger partial charge in [-0.25, -0.2) is 0 Å². The first-order chi connectivity index (χ1) is 26.9. The predicted octanol–water partition coefficient (Wildman–Crippen LogP) is 13.0. The standard InChI is InChI=1S/C48H92NO6/c1-5-7-9-11-13-15-17-19-21-23-25-27-29-31-33-35-41-52-43-37-47(50)54-45-39-49(3,4)40-46-55-48(51)38-44-53-42-36-34-32-30-28-26-24-22-20-18-16-14-12-10-8-6-2/h19-22H,5-18,23-46H2,1-4H3/q+1/b21-19-,22-20-. The van der Waals surface area contributed by atoms with E-state index in [-0.39, 0.29) is 24.8 Å². The first-order valence-electron chi connectivity index (χ1n) is 23.5. The molecule has 0 aliphatic carbocycles. The molecule has 0 saturated carbocycles. The lowest BCUT2D eigenvalue weighted by atomic mass is 10.1. The number of hydrogen-bond donors (Lipinski definition) is 0. The number of unbranched alkanes of at least 4 members (excludes halogenated alkanes) is 24. The van der Waals surface area contributed by atoms with Crippen molar-refractivity contribution in [3.63, 3.8) is 0 Å². The molecule has 0 saturated heterocycles. The zero-order chi connectivity index (χ0) is 40.2. The summed E-state index contributed by atoms with van der Waals surface area (Å²) in [5.41, 5.74) is 0. The zero-order valence-electron chi connectivity index (χ0n) is 37.1. The number of esters is 2. The molecule has 0 aromatic heterocycles. The summed E-state index contributed by atoms with van der Waals surface area (Å²) in [6.07, 6.45) is 46.3. The van der Waals surface area contributed by atoms with Gasteiger partial charge in [0.15, 0.2) is 0 Å². The number of likely N-dealkylation sites (N-methyl/N-ethyl adjacent to an activating group) is 1. The molecule has 0 aromatic carbocycles. The molecule has 0 unspecified atom stereocenters. The van der Waals surface area contributed by atoms with Gasteiger partial charge in [-0.1, -0.05) is 154 Å². The molecule has 0 N–H and O–H groups in total. The second-order valence-electron chi connectivity index (χ2n) is 16.4. The molecule has 0 radical (unpaired) electrons. The summed E-state index contributed by atoms with van der Waals surface area (Å²) in [6, 6.07) is 0. The summed E-state index contributed by atoms with van der Waals surface area (Å²) < 4.78 is 22.8. The Bertz CT molecular complexity index is 804. The average molecular weight is 779 g/mol. The Morgan fingerprint density at radius 2 is 0.673 bits per heavy atom. The van der Waals surface area contributed by atoms with Crippen molar-refractivity contribution in [3.8, 4) is 0 Å². The number of allylic oxidation sites excluding steroid dienone is 4. The van der Waals surface area contributed by atoms with E-state index in [1.165, 1.54) is 167 Å². The molecule has 0 rings (SSSR count). The van der Waals surface area contributed by atoms with E-state index >= 15 is 0 Å². The minimum atomic E-state index is -0.218. The molecule has 0 aliphatic rings. The summed E-state index contributed by atoms with van der Waals surface area (Å²) in [6.45, 7) is 8.82. The Labute approximate surface area is 341 Å². The molecule has 0 heterocycles. The molecular weight excluding hydrogens is 687 g/mol. The van der Waals surface area contributed by atoms with E-state index in [2.05, 4.69) is 52.2 Å². The fourth-order valence-corrected chi connectivity index (χ4v) is 6.49. The Kier molecular flexibility index (Phi) is 42.1. The molecule has 0 fully saturated rings.